The first kappa shape index (κ1) is 12.1. The van der Waals surface area contributed by atoms with Crippen molar-refractivity contribution in [1.29, 1.82) is 0 Å². The lowest BCUT2D eigenvalue weighted by atomic mass is 10.2. The minimum atomic E-state index is -0.521. The zero-order valence-electron chi connectivity index (χ0n) is 10.2. The van der Waals surface area contributed by atoms with Gasteiger partial charge < -0.3 is 0 Å². The SMILES string of the molecule is NNC(=O)c1ccn(-c2nc3ccccc3c(=O)[nH]2)n1. The summed E-state index contributed by atoms with van der Waals surface area (Å²) < 4.78 is 1.30. The Bertz CT molecular complexity index is 850. The maximum absolute atomic E-state index is 11.9. The molecule has 0 radical (unpaired) electrons. The van der Waals surface area contributed by atoms with Crippen LogP contribution in [0, 0.1) is 0 Å². The van der Waals surface area contributed by atoms with Crippen LogP contribution in [0.3, 0.4) is 0 Å². The van der Waals surface area contributed by atoms with Gasteiger partial charge in [0.2, 0.25) is 5.95 Å². The minimum absolute atomic E-state index is 0.128. The van der Waals surface area contributed by atoms with Crippen LogP contribution >= 0.6 is 0 Å². The lowest BCUT2D eigenvalue weighted by Crippen LogP contribution is -2.30. The molecule has 8 nitrogen and oxygen atoms in total. The van der Waals surface area contributed by atoms with Crippen molar-refractivity contribution in [1.82, 2.24) is 25.2 Å². The van der Waals surface area contributed by atoms with E-state index in [2.05, 4.69) is 15.1 Å². The number of nitrogens with zero attached hydrogens (tertiary/aromatic N) is 3. The van der Waals surface area contributed by atoms with Crippen molar-refractivity contribution in [3.8, 4) is 5.95 Å². The van der Waals surface area contributed by atoms with Crippen molar-refractivity contribution in [2.75, 3.05) is 0 Å². The number of hydrogen-bond donors (Lipinski definition) is 3. The molecule has 3 rings (SSSR count). The summed E-state index contributed by atoms with van der Waals surface area (Å²) in [4.78, 5) is 30.2. The van der Waals surface area contributed by atoms with Gasteiger partial charge in [0.25, 0.3) is 11.5 Å². The second-order valence-corrected chi connectivity index (χ2v) is 4.03. The van der Waals surface area contributed by atoms with Crippen molar-refractivity contribution >= 4 is 16.8 Å². The largest absolute Gasteiger partial charge is 0.290 e. The number of benzene rings is 1. The Labute approximate surface area is 112 Å². The molecule has 0 spiro atoms. The lowest BCUT2D eigenvalue weighted by Gasteiger charge is -2.02. The summed E-state index contributed by atoms with van der Waals surface area (Å²) >= 11 is 0. The molecule has 0 unspecified atom stereocenters. The molecule has 3 aromatic rings. The van der Waals surface area contributed by atoms with E-state index in [0.29, 0.717) is 10.9 Å². The van der Waals surface area contributed by atoms with Crippen LogP contribution in [0.1, 0.15) is 10.5 Å². The molecule has 8 heteroatoms. The van der Waals surface area contributed by atoms with Crippen molar-refractivity contribution in [2.24, 2.45) is 5.84 Å². The van der Waals surface area contributed by atoms with Crippen molar-refractivity contribution in [3.05, 3.63) is 52.6 Å². The van der Waals surface area contributed by atoms with Gasteiger partial charge in [0.1, 0.15) is 0 Å². The van der Waals surface area contributed by atoms with Gasteiger partial charge in [-0.25, -0.2) is 15.5 Å². The van der Waals surface area contributed by atoms with Crippen LogP contribution in [-0.2, 0) is 0 Å². The maximum Gasteiger partial charge on any atom is 0.285 e. The second-order valence-electron chi connectivity index (χ2n) is 4.03. The number of carbonyl (C=O) groups is 1. The third-order valence-corrected chi connectivity index (χ3v) is 2.77. The molecule has 4 N–H and O–H groups in total. The van der Waals surface area contributed by atoms with E-state index in [9.17, 15) is 9.59 Å². The molecular weight excluding hydrogens is 260 g/mol. The molecule has 2 heterocycles. The Morgan fingerprint density at radius 3 is 2.90 bits per heavy atom. The van der Waals surface area contributed by atoms with Gasteiger partial charge in [0.05, 0.1) is 10.9 Å². The topological polar surface area (TPSA) is 119 Å². The van der Waals surface area contributed by atoms with Gasteiger partial charge in [-0.15, -0.1) is 0 Å². The van der Waals surface area contributed by atoms with E-state index in [-0.39, 0.29) is 17.2 Å². The van der Waals surface area contributed by atoms with E-state index in [1.165, 1.54) is 16.9 Å². The smallest absolute Gasteiger partial charge is 0.285 e. The fourth-order valence-electron chi connectivity index (χ4n) is 1.82. The maximum atomic E-state index is 11.9. The first-order chi connectivity index (χ1) is 9.69. The van der Waals surface area contributed by atoms with Gasteiger partial charge in [-0.3, -0.25) is 20.0 Å². The zero-order chi connectivity index (χ0) is 14.1. The van der Waals surface area contributed by atoms with Crippen LogP contribution in [0.5, 0.6) is 0 Å². The number of rotatable bonds is 2. The van der Waals surface area contributed by atoms with Gasteiger partial charge in [-0.05, 0) is 18.2 Å². The van der Waals surface area contributed by atoms with Gasteiger partial charge in [0, 0.05) is 6.20 Å². The van der Waals surface area contributed by atoms with Gasteiger partial charge in [-0.1, -0.05) is 12.1 Å². The van der Waals surface area contributed by atoms with Crippen molar-refractivity contribution in [2.45, 2.75) is 0 Å². The molecule has 100 valence electrons. The van der Waals surface area contributed by atoms with Gasteiger partial charge in [-0.2, -0.15) is 5.10 Å². The lowest BCUT2D eigenvalue weighted by molar-refractivity contribution is 0.0948. The molecule has 0 saturated heterocycles. The molecule has 0 bridgehead atoms. The Morgan fingerprint density at radius 1 is 1.30 bits per heavy atom. The molecule has 0 aliphatic carbocycles. The zero-order valence-corrected chi connectivity index (χ0v) is 10.2. The predicted octanol–water partition coefficient (Wildman–Crippen LogP) is -0.288. The highest BCUT2D eigenvalue weighted by Crippen LogP contribution is 2.08. The van der Waals surface area contributed by atoms with E-state index < -0.39 is 5.91 Å². The summed E-state index contributed by atoms with van der Waals surface area (Å²) in [6, 6.07) is 8.43. The Kier molecular flexibility index (Phi) is 2.77. The Hall–Kier alpha value is -3.00. The van der Waals surface area contributed by atoms with Crippen LogP contribution < -0.4 is 16.8 Å². The fourth-order valence-corrected chi connectivity index (χ4v) is 1.82. The summed E-state index contributed by atoms with van der Waals surface area (Å²) in [5, 5.41) is 4.48. The monoisotopic (exact) mass is 270 g/mol. The number of amides is 1. The van der Waals surface area contributed by atoms with Gasteiger partial charge in [0.15, 0.2) is 5.69 Å². The molecule has 2 aromatic heterocycles. The molecule has 0 fully saturated rings. The van der Waals surface area contributed by atoms with Crippen molar-refractivity contribution in [3.63, 3.8) is 0 Å². The number of carbonyl (C=O) groups excluding carboxylic acids is 1. The third kappa shape index (κ3) is 1.93. The van der Waals surface area contributed by atoms with E-state index >= 15 is 0 Å². The number of aromatic amines is 1. The van der Waals surface area contributed by atoms with Crippen LogP contribution in [0.2, 0.25) is 0 Å². The molecule has 20 heavy (non-hydrogen) atoms. The number of hydrazine groups is 1. The Balaban J connectivity index is 2.13. The van der Waals surface area contributed by atoms with E-state index in [0.717, 1.165) is 0 Å². The van der Waals surface area contributed by atoms with Crippen LogP contribution in [-0.4, -0.2) is 25.7 Å². The summed E-state index contributed by atoms with van der Waals surface area (Å²) in [5.74, 6) is 4.73. The highest BCUT2D eigenvalue weighted by Gasteiger charge is 2.10. The number of nitrogen functional groups attached to an aromatic ring is 1. The predicted molar refractivity (Wildman–Crippen MR) is 71.1 cm³/mol. The molecule has 0 saturated carbocycles. The second kappa shape index (κ2) is 4.59. The summed E-state index contributed by atoms with van der Waals surface area (Å²) in [6.07, 6.45) is 1.51. The third-order valence-electron chi connectivity index (χ3n) is 2.77. The first-order valence-corrected chi connectivity index (χ1v) is 5.75. The van der Waals surface area contributed by atoms with E-state index in [4.69, 9.17) is 5.84 Å². The number of para-hydroxylation sites is 1. The Morgan fingerprint density at radius 2 is 2.10 bits per heavy atom. The summed E-state index contributed by atoms with van der Waals surface area (Å²) in [7, 11) is 0. The number of hydrogen-bond acceptors (Lipinski definition) is 5. The average Bonchev–Trinajstić information content (AvgIpc) is 2.96. The van der Waals surface area contributed by atoms with Crippen LogP contribution in [0.4, 0.5) is 0 Å². The average molecular weight is 270 g/mol. The fraction of sp³-hybridized carbons (Fsp3) is 0. The number of nitrogens with one attached hydrogen (secondary N) is 2. The number of aromatic nitrogens is 4. The van der Waals surface area contributed by atoms with Crippen molar-refractivity contribution < 1.29 is 4.79 Å². The molecule has 1 aromatic carbocycles. The van der Waals surface area contributed by atoms with E-state index in [1.54, 1.807) is 24.3 Å². The minimum Gasteiger partial charge on any atom is -0.290 e. The highest BCUT2D eigenvalue weighted by atomic mass is 16.2. The number of nitrogens with two attached hydrogens (primary N) is 1. The van der Waals surface area contributed by atoms with Crippen LogP contribution in [0.25, 0.3) is 16.9 Å². The molecule has 1 amide bonds. The summed E-state index contributed by atoms with van der Waals surface area (Å²) in [5.41, 5.74) is 2.38. The standard InChI is InChI=1S/C12H10N6O2/c13-16-11(20)9-5-6-18(17-9)12-14-8-4-2-1-3-7(8)10(19)15-12/h1-6H,13H2,(H,16,20)(H,14,15,19). The molecule has 0 atom stereocenters. The first-order valence-electron chi connectivity index (χ1n) is 5.75. The molecule has 0 aliphatic rings. The quantitative estimate of drug-likeness (QED) is 0.336. The number of H-pyrrole nitrogens is 1. The van der Waals surface area contributed by atoms with Crippen LogP contribution in [0.15, 0.2) is 41.3 Å². The van der Waals surface area contributed by atoms with Gasteiger partial charge >= 0.3 is 0 Å². The van der Waals surface area contributed by atoms with E-state index in [1.807, 2.05) is 5.43 Å². The highest BCUT2D eigenvalue weighted by molar-refractivity contribution is 5.91. The summed E-state index contributed by atoms with van der Waals surface area (Å²) in [6.45, 7) is 0. The normalized spacial score (nSPS) is 10.7. The molecule has 0 aliphatic heterocycles. The number of fused-ring (bicyclic) bond motifs is 1. The molecular formula is C12H10N6O2.